The number of amides is 1. The van der Waals surface area contributed by atoms with Gasteiger partial charge in [-0.1, -0.05) is 38.8 Å². The summed E-state index contributed by atoms with van der Waals surface area (Å²) in [6.45, 7) is 11.9. The van der Waals surface area contributed by atoms with Crippen molar-refractivity contribution in [1.82, 2.24) is 5.32 Å². The highest BCUT2D eigenvalue weighted by Crippen LogP contribution is 2.55. The third-order valence-electron chi connectivity index (χ3n) is 7.45. The fourth-order valence-electron chi connectivity index (χ4n) is 5.86. The van der Waals surface area contributed by atoms with Crippen molar-refractivity contribution in [2.75, 3.05) is 13.7 Å². The minimum atomic E-state index is -0.923. The average Bonchev–Trinajstić information content (AvgIpc) is 2.72. The first-order valence-corrected chi connectivity index (χ1v) is 12.4. The highest BCUT2D eigenvalue weighted by atomic mass is 16.6. The molecule has 0 spiro atoms. The summed E-state index contributed by atoms with van der Waals surface area (Å²) in [7, 11) is 1.32. The van der Waals surface area contributed by atoms with Crippen LogP contribution in [0.5, 0.6) is 0 Å². The van der Waals surface area contributed by atoms with Crippen molar-refractivity contribution in [2.45, 2.75) is 91.7 Å². The minimum Gasteiger partial charge on any atom is -0.467 e. The number of alkyl carbamates (subject to hydrolysis) is 1. The van der Waals surface area contributed by atoms with E-state index in [0.29, 0.717) is 24.9 Å². The number of allylic oxidation sites excluding steroid dienone is 2. The first-order valence-electron chi connectivity index (χ1n) is 12.4. The van der Waals surface area contributed by atoms with Gasteiger partial charge >= 0.3 is 18.0 Å². The Kier molecular flexibility index (Phi) is 9.38. The molecule has 1 fully saturated rings. The second kappa shape index (κ2) is 11.4. The highest BCUT2D eigenvalue weighted by molar-refractivity contribution is 5.82. The van der Waals surface area contributed by atoms with Gasteiger partial charge in [-0.15, -0.1) is 0 Å². The van der Waals surface area contributed by atoms with Crippen LogP contribution < -0.4 is 5.32 Å². The van der Waals surface area contributed by atoms with Crippen LogP contribution in [0.15, 0.2) is 12.2 Å². The predicted octanol–water partition coefficient (Wildman–Crippen LogP) is 5.03. The molecule has 188 valence electrons. The fourth-order valence-corrected chi connectivity index (χ4v) is 5.86. The lowest BCUT2D eigenvalue weighted by molar-refractivity contribution is -0.154. The van der Waals surface area contributed by atoms with E-state index in [9.17, 15) is 14.4 Å². The van der Waals surface area contributed by atoms with E-state index in [-0.39, 0.29) is 24.2 Å². The van der Waals surface area contributed by atoms with Crippen LogP contribution in [0.4, 0.5) is 4.79 Å². The molecule has 7 heteroatoms. The van der Waals surface area contributed by atoms with Gasteiger partial charge in [-0.3, -0.25) is 4.79 Å². The van der Waals surface area contributed by atoms with Gasteiger partial charge in [0, 0.05) is 11.3 Å². The summed E-state index contributed by atoms with van der Waals surface area (Å²) >= 11 is 0. The lowest BCUT2D eigenvalue weighted by Crippen LogP contribution is -2.57. The van der Waals surface area contributed by atoms with Crippen LogP contribution in [0.3, 0.4) is 0 Å². The molecule has 0 bridgehead atoms. The van der Waals surface area contributed by atoms with Gasteiger partial charge in [0.2, 0.25) is 0 Å². The molecular weight excluding hydrogens is 422 g/mol. The summed E-state index contributed by atoms with van der Waals surface area (Å²) in [6.07, 6.45) is 8.36. The number of carbonyl (C=O) groups excluding carboxylic acids is 3. The molecule has 0 aromatic rings. The van der Waals surface area contributed by atoms with Crippen molar-refractivity contribution >= 4 is 18.0 Å². The third-order valence-corrected chi connectivity index (χ3v) is 7.45. The van der Waals surface area contributed by atoms with Crippen molar-refractivity contribution in [2.24, 2.45) is 29.1 Å². The standard InChI is InChI=1S/C26H43NO6/c1-8-32-21(28)16-26(19-14-11-12-17(2)18(19)3)15-10-9-13-20(26)22(23(29)31-7)27-24(30)33-25(4,5)6/h10,15,17-20,22H,8-9,11-14,16H2,1-7H3,(H,27,30)/t17-,18?,19?,20?,22-,26-/m0/s1. The van der Waals surface area contributed by atoms with E-state index in [2.05, 4.69) is 31.3 Å². The second-order valence-electron chi connectivity index (χ2n) is 10.7. The minimum absolute atomic E-state index is 0.174. The summed E-state index contributed by atoms with van der Waals surface area (Å²) < 4.78 is 16.0. The van der Waals surface area contributed by atoms with E-state index in [1.165, 1.54) is 7.11 Å². The molecule has 0 radical (unpaired) electrons. The quantitative estimate of drug-likeness (QED) is 0.322. The Morgan fingerprint density at radius 3 is 2.45 bits per heavy atom. The van der Waals surface area contributed by atoms with Crippen LogP contribution in [-0.2, 0) is 23.8 Å². The largest absolute Gasteiger partial charge is 0.467 e. The zero-order chi connectivity index (χ0) is 24.8. The lowest BCUT2D eigenvalue weighted by Gasteiger charge is -2.52. The van der Waals surface area contributed by atoms with Crippen molar-refractivity contribution in [3.63, 3.8) is 0 Å². The molecule has 33 heavy (non-hydrogen) atoms. The number of methoxy groups -OCH3 is 1. The maximum atomic E-state index is 13.0. The van der Waals surface area contributed by atoms with Gasteiger partial charge in [-0.25, -0.2) is 9.59 Å². The molecule has 1 amide bonds. The van der Waals surface area contributed by atoms with Crippen LogP contribution in [0.2, 0.25) is 0 Å². The molecule has 0 heterocycles. The van der Waals surface area contributed by atoms with Gasteiger partial charge in [-0.2, -0.15) is 0 Å². The molecule has 2 aliphatic rings. The van der Waals surface area contributed by atoms with Crippen molar-refractivity contribution in [3.05, 3.63) is 12.2 Å². The zero-order valence-electron chi connectivity index (χ0n) is 21.4. The molecule has 3 unspecified atom stereocenters. The van der Waals surface area contributed by atoms with Crippen LogP contribution in [0.25, 0.3) is 0 Å². The summed E-state index contributed by atoms with van der Waals surface area (Å²) in [5.41, 5.74) is -1.32. The average molecular weight is 466 g/mol. The van der Waals surface area contributed by atoms with Crippen molar-refractivity contribution < 1.29 is 28.6 Å². The van der Waals surface area contributed by atoms with Gasteiger partial charge in [0.15, 0.2) is 0 Å². The molecule has 7 nitrogen and oxygen atoms in total. The summed E-state index contributed by atoms with van der Waals surface area (Å²) in [5.74, 6) is -0.0665. The normalized spacial score (nSPS) is 30.8. The summed E-state index contributed by atoms with van der Waals surface area (Å²) in [5, 5.41) is 2.80. The summed E-state index contributed by atoms with van der Waals surface area (Å²) in [4.78, 5) is 38.6. The Labute approximate surface area is 199 Å². The van der Waals surface area contributed by atoms with Gasteiger partial charge in [0.1, 0.15) is 11.6 Å². The summed E-state index contributed by atoms with van der Waals surface area (Å²) in [6, 6.07) is -0.923. The molecule has 2 aliphatic carbocycles. The molecule has 1 N–H and O–H groups in total. The van der Waals surface area contributed by atoms with E-state index in [1.54, 1.807) is 27.7 Å². The molecular formula is C26H43NO6. The topological polar surface area (TPSA) is 90.9 Å². The molecule has 6 atom stereocenters. The zero-order valence-corrected chi connectivity index (χ0v) is 21.4. The fraction of sp³-hybridized carbons (Fsp3) is 0.808. The molecule has 1 saturated carbocycles. The Bertz CT molecular complexity index is 727. The van der Waals surface area contributed by atoms with Crippen LogP contribution >= 0.6 is 0 Å². The Hall–Kier alpha value is -2.05. The first-order chi connectivity index (χ1) is 15.4. The Morgan fingerprint density at radius 2 is 1.85 bits per heavy atom. The maximum absolute atomic E-state index is 13.0. The van der Waals surface area contributed by atoms with Gasteiger partial charge in [0.25, 0.3) is 0 Å². The highest BCUT2D eigenvalue weighted by Gasteiger charge is 2.54. The predicted molar refractivity (Wildman–Crippen MR) is 126 cm³/mol. The van der Waals surface area contributed by atoms with Gasteiger partial charge in [-0.05, 0) is 64.7 Å². The lowest BCUT2D eigenvalue weighted by atomic mass is 9.52. The SMILES string of the molecule is CCOC(=O)C[C@]1(C2CCC[C@H](C)C2C)C=CCCC1[C@H](NC(=O)OC(C)(C)C)C(=O)OC. The first kappa shape index (κ1) is 27.2. The number of esters is 2. The van der Waals surface area contributed by atoms with E-state index in [4.69, 9.17) is 14.2 Å². The monoisotopic (exact) mass is 465 g/mol. The molecule has 0 saturated heterocycles. The van der Waals surface area contributed by atoms with Crippen molar-refractivity contribution in [3.8, 4) is 0 Å². The molecule has 0 aliphatic heterocycles. The number of nitrogens with one attached hydrogen (secondary N) is 1. The number of rotatable bonds is 7. The molecule has 2 rings (SSSR count). The maximum Gasteiger partial charge on any atom is 0.408 e. The van der Waals surface area contributed by atoms with E-state index in [1.807, 2.05) is 0 Å². The van der Waals surface area contributed by atoms with E-state index >= 15 is 0 Å². The molecule has 0 aromatic heterocycles. The number of carbonyl (C=O) groups is 3. The van der Waals surface area contributed by atoms with Crippen LogP contribution in [-0.4, -0.2) is 43.4 Å². The third kappa shape index (κ3) is 6.73. The number of hydrogen-bond acceptors (Lipinski definition) is 6. The Morgan fingerprint density at radius 1 is 1.15 bits per heavy atom. The van der Waals surface area contributed by atoms with Crippen LogP contribution in [0, 0.1) is 29.1 Å². The number of hydrogen-bond donors (Lipinski definition) is 1. The van der Waals surface area contributed by atoms with Crippen LogP contribution in [0.1, 0.15) is 80.1 Å². The number of ether oxygens (including phenoxy) is 3. The second-order valence-corrected chi connectivity index (χ2v) is 10.7. The van der Waals surface area contributed by atoms with E-state index < -0.39 is 29.1 Å². The van der Waals surface area contributed by atoms with Crippen molar-refractivity contribution in [1.29, 1.82) is 0 Å². The van der Waals surface area contributed by atoms with Gasteiger partial charge in [0.05, 0.1) is 20.1 Å². The Balaban J connectivity index is 2.52. The van der Waals surface area contributed by atoms with E-state index in [0.717, 1.165) is 25.7 Å². The smallest absolute Gasteiger partial charge is 0.408 e. The van der Waals surface area contributed by atoms with Gasteiger partial charge < -0.3 is 19.5 Å². The molecule has 0 aromatic carbocycles.